The molecule has 164 valence electrons. The molecule has 1 atom stereocenters. The van der Waals surface area contributed by atoms with Gasteiger partial charge in [-0.25, -0.2) is 0 Å². The van der Waals surface area contributed by atoms with E-state index in [4.69, 9.17) is 0 Å². The lowest BCUT2D eigenvalue weighted by Crippen LogP contribution is -2.30. The average Bonchev–Trinajstić information content (AvgIpc) is 2.80. The average molecular weight is 430 g/mol. The van der Waals surface area contributed by atoms with Crippen molar-refractivity contribution in [2.45, 2.75) is 25.8 Å². The summed E-state index contributed by atoms with van der Waals surface area (Å²) in [5, 5.41) is 8.54. The lowest BCUT2D eigenvalue weighted by molar-refractivity contribution is -0.120. The molecule has 3 aromatic carbocycles. The van der Waals surface area contributed by atoms with Crippen molar-refractivity contribution in [2.24, 2.45) is 0 Å². The van der Waals surface area contributed by atoms with Crippen LogP contribution in [0.3, 0.4) is 0 Å². The minimum absolute atomic E-state index is 0.0492. The lowest BCUT2D eigenvalue weighted by Gasteiger charge is -2.18. The number of nitrogens with one attached hydrogen (secondary N) is 3. The van der Waals surface area contributed by atoms with Crippen molar-refractivity contribution in [3.63, 3.8) is 0 Å². The molecule has 0 aliphatic rings. The van der Waals surface area contributed by atoms with Gasteiger partial charge in [-0.15, -0.1) is 0 Å². The summed E-state index contributed by atoms with van der Waals surface area (Å²) in [6.45, 7) is 1.91. The first-order chi connectivity index (χ1) is 15.5. The fraction of sp³-hybridized carbons (Fsp3) is 0.192. The van der Waals surface area contributed by atoms with E-state index >= 15 is 0 Å². The molecule has 0 saturated carbocycles. The van der Waals surface area contributed by atoms with Crippen molar-refractivity contribution in [3.8, 4) is 0 Å². The summed E-state index contributed by atoms with van der Waals surface area (Å²) < 4.78 is 0. The molecule has 3 amide bonds. The Morgan fingerprint density at radius 1 is 0.812 bits per heavy atom. The highest BCUT2D eigenvalue weighted by Gasteiger charge is 2.19. The van der Waals surface area contributed by atoms with Crippen molar-refractivity contribution in [3.05, 3.63) is 102 Å². The van der Waals surface area contributed by atoms with Gasteiger partial charge in [-0.2, -0.15) is 0 Å². The number of anilines is 1. The highest BCUT2D eigenvalue weighted by molar-refractivity contribution is 6.03. The molecule has 0 saturated heterocycles. The van der Waals surface area contributed by atoms with Crippen molar-refractivity contribution in [1.29, 1.82) is 0 Å². The first-order valence-corrected chi connectivity index (χ1v) is 10.6. The van der Waals surface area contributed by atoms with E-state index in [1.165, 1.54) is 6.92 Å². The van der Waals surface area contributed by atoms with Crippen LogP contribution in [0.2, 0.25) is 0 Å². The summed E-state index contributed by atoms with van der Waals surface area (Å²) >= 11 is 0. The Bertz CT molecular complexity index is 1050. The van der Waals surface area contributed by atoms with Crippen molar-refractivity contribution >= 4 is 23.4 Å². The number of hydrogen-bond donors (Lipinski definition) is 3. The SMILES string of the molecule is CC(=O)NC(CC(=O)Nc1ccccc1C(=O)NCCc1ccccc1)c1ccccc1. The smallest absolute Gasteiger partial charge is 0.253 e. The van der Waals surface area contributed by atoms with Gasteiger partial charge in [0.2, 0.25) is 11.8 Å². The number of amides is 3. The molecule has 6 heteroatoms. The monoisotopic (exact) mass is 429 g/mol. The third-order valence-electron chi connectivity index (χ3n) is 4.96. The van der Waals surface area contributed by atoms with Crippen molar-refractivity contribution < 1.29 is 14.4 Å². The van der Waals surface area contributed by atoms with Gasteiger partial charge in [0.25, 0.3) is 5.91 Å². The third-order valence-corrected chi connectivity index (χ3v) is 4.96. The summed E-state index contributed by atoms with van der Waals surface area (Å²) in [7, 11) is 0. The van der Waals surface area contributed by atoms with Gasteiger partial charge >= 0.3 is 0 Å². The number of carbonyl (C=O) groups excluding carboxylic acids is 3. The first kappa shape index (κ1) is 22.7. The molecular formula is C26H27N3O3. The van der Waals surface area contributed by atoms with Gasteiger partial charge in [-0.3, -0.25) is 14.4 Å². The van der Waals surface area contributed by atoms with E-state index in [2.05, 4.69) is 16.0 Å². The highest BCUT2D eigenvalue weighted by atomic mass is 16.2. The molecular weight excluding hydrogens is 402 g/mol. The van der Waals surface area contributed by atoms with E-state index in [-0.39, 0.29) is 24.1 Å². The van der Waals surface area contributed by atoms with Gasteiger partial charge in [-0.05, 0) is 29.7 Å². The van der Waals surface area contributed by atoms with Crippen LogP contribution in [-0.2, 0) is 16.0 Å². The van der Waals surface area contributed by atoms with Crippen LogP contribution < -0.4 is 16.0 Å². The Kier molecular flexibility index (Phi) is 8.15. The maximum absolute atomic E-state index is 12.8. The zero-order chi connectivity index (χ0) is 22.8. The quantitative estimate of drug-likeness (QED) is 0.483. The number of benzene rings is 3. The molecule has 0 fully saturated rings. The molecule has 3 aromatic rings. The molecule has 3 rings (SSSR count). The topological polar surface area (TPSA) is 87.3 Å². The molecule has 0 aliphatic heterocycles. The van der Waals surface area contributed by atoms with Crippen LogP contribution in [-0.4, -0.2) is 24.3 Å². The summed E-state index contributed by atoms with van der Waals surface area (Å²) in [5.74, 6) is -0.764. The normalized spacial score (nSPS) is 11.3. The van der Waals surface area contributed by atoms with Gasteiger partial charge in [0.15, 0.2) is 0 Å². The lowest BCUT2D eigenvalue weighted by atomic mass is 10.0. The Labute approximate surface area is 188 Å². The summed E-state index contributed by atoms with van der Waals surface area (Å²) in [5.41, 5.74) is 2.80. The molecule has 0 bridgehead atoms. The highest BCUT2D eigenvalue weighted by Crippen LogP contribution is 2.20. The van der Waals surface area contributed by atoms with E-state index < -0.39 is 6.04 Å². The predicted octanol–water partition coefficient (Wildman–Crippen LogP) is 3.87. The van der Waals surface area contributed by atoms with Crippen LogP contribution in [0.1, 0.15) is 40.9 Å². The maximum atomic E-state index is 12.8. The molecule has 32 heavy (non-hydrogen) atoms. The van der Waals surface area contributed by atoms with E-state index in [0.717, 1.165) is 17.5 Å². The zero-order valence-electron chi connectivity index (χ0n) is 18.0. The minimum Gasteiger partial charge on any atom is -0.352 e. The standard InChI is InChI=1S/C26H27N3O3/c1-19(30)28-24(21-12-6-3-7-13-21)18-25(31)29-23-15-9-8-14-22(23)26(32)27-17-16-20-10-4-2-5-11-20/h2-15,24H,16-18H2,1H3,(H,27,32)(H,28,30)(H,29,31). The first-order valence-electron chi connectivity index (χ1n) is 10.6. The molecule has 0 spiro atoms. The van der Waals surface area contributed by atoms with E-state index in [0.29, 0.717) is 17.8 Å². The molecule has 1 unspecified atom stereocenters. The molecule has 0 aliphatic carbocycles. The second-order valence-corrected chi connectivity index (χ2v) is 7.45. The van der Waals surface area contributed by atoms with E-state index in [1.54, 1.807) is 24.3 Å². The van der Waals surface area contributed by atoms with Gasteiger partial charge in [0, 0.05) is 13.5 Å². The Morgan fingerprint density at radius 3 is 2.12 bits per heavy atom. The Balaban J connectivity index is 1.63. The Morgan fingerprint density at radius 2 is 1.44 bits per heavy atom. The van der Waals surface area contributed by atoms with Gasteiger partial charge in [0.1, 0.15) is 0 Å². The van der Waals surface area contributed by atoms with Crippen LogP contribution in [0.4, 0.5) is 5.69 Å². The summed E-state index contributed by atoms with van der Waals surface area (Å²) in [6.07, 6.45) is 0.768. The second kappa shape index (κ2) is 11.5. The second-order valence-electron chi connectivity index (χ2n) is 7.45. The number of hydrogen-bond acceptors (Lipinski definition) is 3. The van der Waals surface area contributed by atoms with Gasteiger partial charge in [0.05, 0.1) is 23.7 Å². The number of para-hydroxylation sites is 1. The Hall–Kier alpha value is -3.93. The fourth-order valence-corrected chi connectivity index (χ4v) is 3.42. The van der Waals surface area contributed by atoms with Gasteiger partial charge < -0.3 is 16.0 Å². The third kappa shape index (κ3) is 6.80. The summed E-state index contributed by atoms with van der Waals surface area (Å²) in [4.78, 5) is 37.1. The molecule has 0 heterocycles. The van der Waals surface area contributed by atoms with Crippen molar-refractivity contribution in [1.82, 2.24) is 10.6 Å². The summed E-state index contributed by atoms with van der Waals surface area (Å²) in [6, 6.07) is 25.7. The number of carbonyl (C=O) groups is 3. The van der Waals surface area contributed by atoms with Crippen LogP contribution in [0, 0.1) is 0 Å². The predicted molar refractivity (Wildman–Crippen MR) is 125 cm³/mol. The molecule has 3 N–H and O–H groups in total. The van der Waals surface area contributed by atoms with Crippen LogP contribution >= 0.6 is 0 Å². The molecule has 0 aromatic heterocycles. The van der Waals surface area contributed by atoms with Crippen LogP contribution in [0.25, 0.3) is 0 Å². The fourth-order valence-electron chi connectivity index (χ4n) is 3.42. The van der Waals surface area contributed by atoms with Crippen molar-refractivity contribution in [2.75, 3.05) is 11.9 Å². The van der Waals surface area contributed by atoms with E-state index in [1.807, 2.05) is 60.7 Å². The molecule has 6 nitrogen and oxygen atoms in total. The van der Waals surface area contributed by atoms with Gasteiger partial charge in [-0.1, -0.05) is 72.8 Å². The minimum atomic E-state index is -0.458. The van der Waals surface area contributed by atoms with Crippen LogP contribution in [0.5, 0.6) is 0 Å². The largest absolute Gasteiger partial charge is 0.352 e. The zero-order valence-corrected chi connectivity index (χ0v) is 18.0. The maximum Gasteiger partial charge on any atom is 0.253 e. The van der Waals surface area contributed by atoms with E-state index in [9.17, 15) is 14.4 Å². The number of rotatable bonds is 9. The molecule has 0 radical (unpaired) electrons. The van der Waals surface area contributed by atoms with Crippen LogP contribution in [0.15, 0.2) is 84.9 Å².